The molecule has 1 aromatic carbocycles. The molecule has 26 heavy (non-hydrogen) atoms. The van der Waals surface area contributed by atoms with E-state index >= 15 is 0 Å². The Morgan fingerprint density at radius 2 is 2.12 bits per heavy atom. The van der Waals surface area contributed by atoms with Crippen LogP contribution in [0.25, 0.3) is 11.0 Å². The summed E-state index contributed by atoms with van der Waals surface area (Å²) < 4.78 is 7.96. The van der Waals surface area contributed by atoms with Gasteiger partial charge in [-0.15, -0.1) is 0 Å². The van der Waals surface area contributed by atoms with E-state index < -0.39 is 0 Å². The fourth-order valence-electron chi connectivity index (χ4n) is 3.50. The van der Waals surface area contributed by atoms with E-state index in [1.807, 2.05) is 31.2 Å². The highest BCUT2D eigenvalue weighted by Crippen LogP contribution is 2.25. The van der Waals surface area contributed by atoms with Gasteiger partial charge in [-0.3, -0.25) is 0 Å². The zero-order chi connectivity index (χ0) is 18.1. The molecule has 0 amide bonds. The summed E-state index contributed by atoms with van der Waals surface area (Å²) in [6, 6.07) is 10.0. The number of ether oxygens (including phenoxy) is 1. The minimum absolute atomic E-state index is 0.142. The summed E-state index contributed by atoms with van der Waals surface area (Å²) >= 11 is 0. The predicted molar refractivity (Wildman–Crippen MR) is 102 cm³/mol. The quantitative estimate of drug-likeness (QED) is 0.734. The molecular weight excluding hydrogens is 328 g/mol. The first-order valence-electron chi connectivity index (χ1n) is 8.96. The Morgan fingerprint density at radius 3 is 2.92 bits per heavy atom. The van der Waals surface area contributed by atoms with E-state index in [1.165, 1.54) is 0 Å². The average Bonchev–Trinajstić information content (AvgIpc) is 3.17. The highest BCUT2D eigenvalue weighted by Gasteiger charge is 2.29. The highest BCUT2D eigenvalue weighted by molar-refractivity contribution is 5.75. The summed E-state index contributed by atoms with van der Waals surface area (Å²) in [4.78, 5) is 13.3. The number of hydrogen-bond donors (Lipinski definition) is 2. The monoisotopic (exact) mass is 352 g/mol. The van der Waals surface area contributed by atoms with Crippen LogP contribution in [0.4, 0.5) is 11.8 Å². The van der Waals surface area contributed by atoms with Crippen molar-refractivity contribution in [1.29, 1.82) is 0 Å². The van der Waals surface area contributed by atoms with Crippen LogP contribution < -0.4 is 11.1 Å². The Morgan fingerprint density at radius 1 is 1.27 bits per heavy atom. The molecular formula is C19H24N6O. The zero-order valence-electron chi connectivity index (χ0n) is 15.2. The third-order valence-corrected chi connectivity index (χ3v) is 4.91. The van der Waals surface area contributed by atoms with Crippen molar-refractivity contribution < 1.29 is 4.74 Å². The summed E-state index contributed by atoms with van der Waals surface area (Å²) in [5, 5.41) is 3.36. The molecule has 1 aliphatic heterocycles. The van der Waals surface area contributed by atoms with Gasteiger partial charge in [-0.1, -0.05) is 12.1 Å². The van der Waals surface area contributed by atoms with Gasteiger partial charge in [0.2, 0.25) is 5.95 Å². The minimum Gasteiger partial charge on any atom is -0.373 e. The van der Waals surface area contributed by atoms with E-state index in [4.69, 9.17) is 10.5 Å². The number of nitrogens with zero attached hydrogens (tertiary/aromatic N) is 4. The maximum atomic E-state index is 5.94. The van der Waals surface area contributed by atoms with Crippen molar-refractivity contribution in [2.45, 2.75) is 38.8 Å². The molecule has 0 bridgehead atoms. The average molecular weight is 352 g/mol. The van der Waals surface area contributed by atoms with Gasteiger partial charge in [-0.05, 0) is 38.8 Å². The van der Waals surface area contributed by atoms with E-state index in [9.17, 15) is 0 Å². The number of nitrogens with two attached hydrogens (primary N) is 1. The van der Waals surface area contributed by atoms with Crippen LogP contribution in [0.5, 0.6) is 0 Å². The lowest BCUT2D eigenvalue weighted by molar-refractivity contribution is 0.0315. The van der Waals surface area contributed by atoms with Crippen LogP contribution in [-0.4, -0.2) is 38.3 Å². The lowest BCUT2D eigenvalue weighted by atomic mass is 10.0. The van der Waals surface area contributed by atoms with Crippen LogP contribution >= 0.6 is 0 Å². The van der Waals surface area contributed by atoms with Crippen molar-refractivity contribution in [1.82, 2.24) is 19.5 Å². The maximum Gasteiger partial charge on any atom is 0.222 e. The van der Waals surface area contributed by atoms with E-state index in [0.717, 1.165) is 47.8 Å². The number of hydrogen-bond acceptors (Lipinski definition) is 6. The first kappa shape index (κ1) is 16.8. The number of para-hydroxylation sites is 2. The number of nitrogen functional groups attached to an aromatic ring is 1. The highest BCUT2D eigenvalue weighted by atomic mass is 16.5. The molecule has 4 rings (SSSR count). The molecule has 7 heteroatoms. The largest absolute Gasteiger partial charge is 0.373 e. The van der Waals surface area contributed by atoms with Crippen LogP contribution in [0.15, 0.2) is 30.3 Å². The van der Waals surface area contributed by atoms with Gasteiger partial charge in [0.05, 0.1) is 28.9 Å². The number of benzene rings is 1. The second-order valence-corrected chi connectivity index (χ2v) is 7.09. The van der Waals surface area contributed by atoms with Crippen LogP contribution in [0.1, 0.15) is 31.3 Å². The lowest BCUT2D eigenvalue weighted by Gasteiger charge is -2.23. The van der Waals surface area contributed by atoms with Gasteiger partial charge < -0.3 is 20.4 Å². The maximum absolute atomic E-state index is 5.94. The van der Waals surface area contributed by atoms with Crippen molar-refractivity contribution in [3.63, 3.8) is 0 Å². The third-order valence-electron chi connectivity index (χ3n) is 4.91. The van der Waals surface area contributed by atoms with Crippen molar-refractivity contribution in [2.75, 3.05) is 24.2 Å². The first-order valence-corrected chi connectivity index (χ1v) is 8.96. The smallest absolute Gasteiger partial charge is 0.222 e. The zero-order valence-corrected chi connectivity index (χ0v) is 15.2. The molecule has 2 aromatic heterocycles. The Balaban J connectivity index is 1.57. The molecule has 0 radical (unpaired) electrons. The van der Waals surface area contributed by atoms with Crippen LogP contribution in [0.2, 0.25) is 0 Å². The second-order valence-electron chi connectivity index (χ2n) is 7.09. The Hall–Kier alpha value is -2.67. The van der Waals surface area contributed by atoms with Crippen LogP contribution in [0, 0.1) is 6.92 Å². The molecule has 0 aliphatic carbocycles. The van der Waals surface area contributed by atoms with E-state index in [2.05, 4.69) is 37.8 Å². The molecule has 1 atom stereocenters. The summed E-state index contributed by atoms with van der Waals surface area (Å²) in [6.45, 7) is 6.25. The molecule has 7 nitrogen and oxygen atoms in total. The predicted octanol–water partition coefficient (Wildman–Crippen LogP) is 2.75. The van der Waals surface area contributed by atoms with E-state index in [0.29, 0.717) is 13.1 Å². The number of fused-ring (bicyclic) bond motifs is 1. The van der Waals surface area contributed by atoms with Crippen molar-refractivity contribution in [3.05, 3.63) is 41.9 Å². The van der Waals surface area contributed by atoms with Gasteiger partial charge in [-0.25, -0.2) is 9.97 Å². The standard InChI is InChI=1S/C19H24N6O/c1-13-22-15-6-3-4-7-16(15)25(13)11-14-10-17(24-18(20)23-14)21-12-19(2)8-5-9-26-19/h3-4,6-7,10H,5,8-9,11-12H2,1-2H3,(H3,20,21,23,24)/t19-/m1/s1. The number of rotatable bonds is 5. The number of imidazole rings is 1. The lowest BCUT2D eigenvalue weighted by Crippen LogP contribution is -2.32. The van der Waals surface area contributed by atoms with Gasteiger partial charge in [0, 0.05) is 19.2 Å². The van der Waals surface area contributed by atoms with Crippen molar-refractivity contribution in [2.24, 2.45) is 0 Å². The topological polar surface area (TPSA) is 90.9 Å². The molecule has 0 unspecified atom stereocenters. The van der Waals surface area contributed by atoms with Gasteiger partial charge in [0.25, 0.3) is 0 Å². The van der Waals surface area contributed by atoms with Crippen LogP contribution in [-0.2, 0) is 11.3 Å². The fraction of sp³-hybridized carbons (Fsp3) is 0.421. The van der Waals surface area contributed by atoms with E-state index in [1.54, 1.807) is 0 Å². The summed E-state index contributed by atoms with van der Waals surface area (Å²) in [5.41, 5.74) is 8.72. The van der Waals surface area contributed by atoms with Crippen molar-refractivity contribution >= 4 is 22.8 Å². The molecule has 3 N–H and O–H groups in total. The number of anilines is 2. The van der Waals surface area contributed by atoms with E-state index in [-0.39, 0.29) is 11.5 Å². The Bertz CT molecular complexity index is 929. The van der Waals surface area contributed by atoms with Crippen LogP contribution in [0.3, 0.4) is 0 Å². The molecule has 3 aromatic rings. The van der Waals surface area contributed by atoms with Gasteiger partial charge in [-0.2, -0.15) is 4.98 Å². The minimum atomic E-state index is -0.142. The molecule has 136 valence electrons. The van der Waals surface area contributed by atoms with Crippen molar-refractivity contribution in [3.8, 4) is 0 Å². The number of aromatic nitrogens is 4. The summed E-state index contributed by atoms with van der Waals surface area (Å²) in [6.07, 6.45) is 2.15. The Kier molecular flexibility index (Phi) is 4.24. The molecule has 0 saturated carbocycles. The fourth-order valence-corrected chi connectivity index (χ4v) is 3.50. The molecule has 1 saturated heterocycles. The Labute approximate surface area is 152 Å². The van der Waals surface area contributed by atoms with Gasteiger partial charge >= 0.3 is 0 Å². The second kappa shape index (κ2) is 6.57. The summed E-state index contributed by atoms with van der Waals surface area (Å²) in [7, 11) is 0. The number of nitrogens with one attached hydrogen (secondary N) is 1. The van der Waals surface area contributed by atoms with Gasteiger partial charge in [0.1, 0.15) is 11.6 Å². The third kappa shape index (κ3) is 3.35. The SMILES string of the molecule is Cc1nc2ccccc2n1Cc1cc(NC[C@@]2(C)CCCO2)nc(N)n1. The molecule has 1 aliphatic rings. The normalized spacial score (nSPS) is 19.9. The molecule has 0 spiro atoms. The first-order chi connectivity index (χ1) is 12.5. The van der Waals surface area contributed by atoms with Gasteiger partial charge in [0.15, 0.2) is 0 Å². The number of aryl methyl sites for hydroxylation is 1. The molecule has 3 heterocycles. The summed E-state index contributed by atoms with van der Waals surface area (Å²) in [5.74, 6) is 1.95. The molecule has 1 fully saturated rings.